The van der Waals surface area contributed by atoms with Crippen LogP contribution in [-0.2, 0) is 11.3 Å². The number of hydrogen-bond donors (Lipinski definition) is 1. The van der Waals surface area contributed by atoms with Gasteiger partial charge in [-0.15, -0.1) is 11.3 Å². The van der Waals surface area contributed by atoms with Gasteiger partial charge in [0.25, 0.3) is 5.56 Å². The molecule has 1 amide bonds. The van der Waals surface area contributed by atoms with Crippen molar-refractivity contribution in [1.29, 1.82) is 0 Å². The number of nitrogens with one attached hydrogen (secondary N) is 1. The topological polar surface area (TPSA) is 76.9 Å². The zero-order valence-corrected chi connectivity index (χ0v) is 14.6. The van der Waals surface area contributed by atoms with E-state index < -0.39 is 0 Å². The summed E-state index contributed by atoms with van der Waals surface area (Å²) in [6, 6.07) is 12.9. The summed E-state index contributed by atoms with van der Waals surface area (Å²) >= 11 is 1.40. The third-order valence-electron chi connectivity index (χ3n) is 3.58. The van der Waals surface area contributed by atoms with Gasteiger partial charge in [0, 0.05) is 30.0 Å². The maximum absolute atomic E-state index is 12.0. The smallest absolute Gasteiger partial charge is 0.266 e. The van der Waals surface area contributed by atoms with Gasteiger partial charge in [-0.3, -0.25) is 9.59 Å². The van der Waals surface area contributed by atoms with E-state index in [9.17, 15) is 9.59 Å². The third kappa shape index (κ3) is 4.60. The number of thiazole rings is 1. The summed E-state index contributed by atoms with van der Waals surface area (Å²) in [6.07, 6.45) is 0.837. The summed E-state index contributed by atoms with van der Waals surface area (Å²) in [5.74, 6) is -0.110. The molecule has 0 aliphatic heterocycles. The Labute approximate surface area is 149 Å². The molecule has 0 aliphatic rings. The number of hydrogen-bond acceptors (Lipinski definition) is 5. The molecular weight excluding hydrogens is 336 g/mol. The molecule has 0 saturated heterocycles. The fourth-order valence-electron chi connectivity index (χ4n) is 2.35. The van der Waals surface area contributed by atoms with Gasteiger partial charge in [-0.25, -0.2) is 9.67 Å². The number of amides is 1. The van der Waals surface area contributed by atoms with Gasteiger partial charge in [0.05, 0.1) is 11.4 Å². The van der Waals surface area contributed by atoms with Gasteiger partial charge in [-0.05, 0) is 19.4 Å². The minimum atomic E-state index is -0.171. The number of carbonyl (C=O) groups excluding carboxylic acids is 1. The van der Waals surface area contributed by atoms with E-state index in [-0.39, 0.29) is 11.5 Å². The van der Waals surface area contributed by atoms with Gasteiger partial charge in [-0.1, -0.05) is 30.3 Å². The molecule has 1 aromatic carbocycles. The van der Waals surface area contributed by atoms with Crippen LogP contribution >= 0.6 is 11.3 Å². The van der Waals surface area contributed by atoms with Crippen molar-refractivity contribution < 1.29 is 4.79 Å². The van der Waals surface area contributed by atoms with Gasteiger partial charge in [0.15, 0.2) is 5.13 Å². The average molecular weight is 354 g/mol. The molecule has 0 radical (unpaired) electrons. The minimum Gasteiger partial charge on any atom is -0.302 e. The first-order chi connectivity index (χ1) is 12.1. The molecule has 128 valence electrons. The Hall–Kier alpha value is -2.80. The molecule has 0 unspecified atom stereocenters. The van der Waals surface area contributed by atoms with Crippen molar-refractivity contribution in [3.8, 4) is 11.3 Å². The van der Waals surface area contributed by atoms with Gasteiger partial charge >= 0.3 is 0 Å². The maximum atomic E-state index is 12.0. The lowest BCUT2D eigenvalue weighted by molar-refractivity contribution is -0.116. The molecule has 6 nitrogen and oxygen atoms in total. The highest BCUT2D eigenvalue weighted by molar-refractivity contribution is 7.13. The Balaban J connectivity index is 1.59. The fourth-order valence-corrected chi connectivity index (χ4v) is 3.06. The first-order valence-electron chi connectivity index (χ1n) is 7.97. The lowest BCUT2D eigenvalue weighted by atomic mass is 10.1. The fraction of sp³-hybridized carbons (Fsp3) is 0.222. The lowest BCUT2D eigenvalue weighted by Crippen LogP contribution is -2.23. The van der Waals surface area contributed by atoms with E-state index >= 15 is 0 Å². The van der Waals surface area contributed by atoms with E-state index in [1.165, 1.54) is 22.1 Å². The van der Waals surface area contributed by atoms with E-state index in [1.54, 1.807) is 6.07 Å². The van der Waals surface area contributed by atoms with Crippen molar-refractivity contribution in [3.63, 3.8) is 0 Å². The number of carbonyl (C=O) groups is 1. The lowest BCUT2D eigenvalue weighted by Gasteiger charge is -2.07. The first-order valence-corrected chi connectivity index (χ1v) is 8.85. The second-order valence-corrected chi connectivity index (χ2v) is 6.45. The van der Waals surface area contributed by atoms with Gasteiger partial charge in [0.2, 0.25) is 5.91 Å². The van der Waals surface area contributed by atoms with Crippen LogP contribution < -0.4 is 10.9 Å². The predicted molar refractivity (Wildman–Crippen MR) is 98.6 cm³/mol. The van der Waals surface area contributed by atoms with Crippen LogP contribution in [0.25, 0.3) is 11.3 Å². The molecule has 0 fully saturated rings. The first kappa shape index (κ1) is 17.0. The highest BCUT2D eigenvalue weighted by atomic mass is 32.1. The normalized spacial score (nSPS) is 10.6. The summed E-state index contributed by atoms with van der Waals surface area (Å²) in [6.45, 7) is 2.27. The van der Waals surface area contributed by atoms with Crippen LogP contribution in [0.15, 0.2) is 52.6 Å². The van der Waals surface area contributed by atoms with E-state index in [1.807, 2.05) is 42.6 Å². The molecule has 0 aliphatic carbocycles. The molecule has 0 bridgehead atoms. The van der Waals surface area contributed by atoms with Crippen LogP contribution in [0.2, 0.25) is 0 Å². The maximum Gasteiger partial charge on any atom is 0.266 e. The molecule has 3 rings (SSSR count). The van der Waals surface area contributed by atoms with Gasteiger partial charge in [0.1, 0.15) is 0 Å². The minimum absolute atomic E-state index is 0.110. The van der Waals surface area contributed by atoms with E-state index in [2.05, 4.69) is 15.4 Å². The summed E-state index contributed by atoms with van der Waals surface area (Å²) in [7, 11) is 0. The monoisotopic (exact) mass is 354 g/mol. The molecular formula is C18H18N4O2S. The molecule has 2 aromatic heterocycles. The Morgan fingerprint density at radius 3 is 2.72 bits per heavy atom. The van der Waals surface area contributed by atoms with Crippen LogP contribution in [-0.4, -0.2) is 20.7 Å². The molecule has 3 aromatic rings. The van der Waals surface area contributed by atoms with Crippen molar-refractivity contribution >= 4 is 22.4 Å². The van der Waals surface area contributed by atoms with E-state index in [4.69, 9.17) is 0 Å². The Morgan fingerprint density at radius 2 is 2.00 bits per heavy atom. The molecule has 0 atom stereocenters. The highest BCUT2D eigenvalue weighted by Gasteiger charge is 2.07. The third-order valence-corrected chi connectivity index (χ3v) is 4.45. The molecule has 1 N–H and O–H groups in total. The standard InChI is InChI=1S/C18H18N4O2S/c1-13-12-25-18(19-13)20-16(23)8-5-11-22-17(24)10-9-15(21-22)14-6-3-2-4-7-14/h2-4,6-7,9-10,12H,5,8,11H2,1H3,(H,19,20,23). The van der Waals surface area contributed by atoms with Crippen molar-refractivity contribution in [3.05, 3.63) is 63.9 Å². The highest BCUT2D eigenvalue weighted by Crippen LogP contribution is 2.15. The van der Waals surface area contributed by atoms with Crippen LogP contribution in [0, 0.1) is 6.92 Å². The predicted octanol–water partition coefficient (Wildman–Crippen LogP) is 3.09. The van der Waals surface area contributed by atoms with Crippen molar-refractivity contribution in [2.45, 2.75) is 26.3 Å². The zero-order valence-electron chi connectivity index (χ0n) is 13.8. The van der Waals surface area contributed by atoms with Crippen LogP contribution in [0.5, 0.6) is 0 Å². The quantitative estimate of drug-likeness (QED) is 0.738. The van der Waals surface area contributed by atoms with E-state index in [0.29, 0.717) is 24.5 Å². The number of anilines is 1. The molecule has 0 saturated carbocycles. The molecule has 0 spiro atoms. The average Bonchev–Trinajstić information content (AvgIpc) is 3.02. The van der Waals surface area contributed by atoms with E-state index in [0.717, 1.165) is 17.0 Å². The SMILES string of the molecule is Cc1csc(NC(=O)CCCn2nc(-c3ccccc3)ccc2=O)n1. The van der Waals surface area contributed by atoms with Crippen LogP contribution in [0.1, 0.15) is 18.5 Å². The molecule has 25 heavy (non-hydrogen) atoms. The van der Waals surface area contributed by atoms with Crippen molar-refractivity contribution in [2.24, 2.45) is 0 Å². The van der Waals surface area contributed by atoms with Crippen molar-refractivity contribution in [1.82, 2.24) is 14.8 Å². The summed E-state index contributed by atoms with van der Waals surface area (Å²) in [5.41, 5.74) is 2.40. The number of benzene rings is 1. The summed E-state index contributed by atoms with van der Waals surface area (Å²) < 4.78 is 1.41. The Morgan fingerprint density at radius 1 is 1.20 bits per heavy atom. The largest absolute Gasteiger partial charge is 0.302 e. The molecule has 7 heteroatoms. The number of rotatable bonds is 6. The molecule has 2 heterocycles. The summed E-state index contributed by atoms with van der Waals surface area (Å²) in [5, 5.41) is 9.63. The second kappa shape index (κ2) is 7.85. The number of nitrogens with zero attached hydrogens (tertiary/aromatic N) is 3. The Kier molecular flexibility index (Phi) is 5.35. The van der Waals surface area contributed by atoms with Crippen molar-refractivity contribution in [2.75, 3.05) is 5.32 Å². The summed E-state index contributed by atoms with van der Waals surface area (Å²) in [4.78, 5) is 28.1. The van der Waals surface area contributed by atoms with Crippen LogP contribution in [0.4, 0.5) is 5.13 Å². The zero-order chi connectivity index (χ0) is 17.6. The van der Waals surface area contributed by atoms with Gasteiger partial charge < -0.3 is 5.32 Å². The number of aromatic nitrogens is 3. The van der Waals surface area contributed by atoms with Crippen LogP contribution in [0.3, 0.4) is 0 Å². The second-order valence-electron chi connectivity index (χ2n) is 5.59. The number of aryl methyl sites for hydroxylation is 2. The Bertz CT molecular complexity index is 918. The van der Waals surface area contributed by atoms with Gasteiger partial charge in [-0.2, -0.15) is 5.10 Å².